The van der Waals surface area contributed by atoms with Crippen LogP contribution in [0.5, 0.6) is 0 Å². The maximum absolute atomic E-state index is 12.8. The van der Waals surface area contributed by atoms with E-state index >= 15 is 0 Å². The number of hydrogen-bond acceptors (Lipinski definition) is 5. The van der Waals surface area contributed by atoms with Gasteiger partial charge in [-0.15, -0.1) is 0 Å². The third kappa shape index (κ3) is 4.94. The number of carbonyl (C=O) groups is 2. The summed E-state index contributed by atoms with van der Waals surface area (Å²) in [5, 5.41) is 0. The first-order chi connectivity index (χ1) is 14.5. The molecule has 10 heteroatoms. The highest BCUT2D eigenvalue weighted by Crippen LogP contribution is 2.31. The Labute approximate surface area is 176 Å². The second-order valence-corrected chi connectivity index (χ2v) is 7.16. The van der Waals surface area contributed by atoms with Crippen molar-refractivity contribution < 1.29 is 27.5 Å². The average molecular weight is 432 g/mol. The van der Waals surface area contributed by atoms with Gasteiger partial charge >= 0.3 is 12.3 Å². The number of nitrogens with zero attached hydrogens (tertiary/aromatic N) is 3. The quantitative estimate of drug-likeness (QED) is 0.752. The van der Waals surface area contributed by atoms with Gasteiger partial charge in [0.05, 0.1) is 17.7 Å². The maximum Gasteiger partial charge on any atom is 0.416 e. The second-order valence-electron chi connectivity index (χ2n) is 7.16. The normalized spacial score (nSPS) is 18.5. The Kier molecular flexibility index (Phi) is 5.88. The van der Waals surface area contributed by atoms with Crippen LogP contribution in [0.25, 0.3) is 11.3 Å². The molecule has 0 spiro atoms. The van der Waals surface area contributed by atoms with Crippen molar-refractivity contribution in [3.8, 4) is 23.1 Å². The number of alkyl halides is 3. The number of likely N-dealkylation sites (tertiary alicyclic amines) is 1. The number of carbonyl (C=O) groups excluding carboxylic acids is 2. The van der Waals surface area contributed by atoms with Crippen molar-refractivity contribution in [3.63, 3.8) is 0 Å². The number of likely N-dealkylation sites (N-methyl/N-ethyl adjacent to an activating group) is 1. The van der Waals surface area contributed by atoms with E-state index in [0.29, 0.717) is 23.5 Å². The van der Waals surface area contributed by atoms with E-state index in [0.717, 1.165) is 12.1 Å². The summed E-state index contributed by atoms with van der Waals surface area (Å²) in [7, 11) is 1.59. The van der Waals surface area contributed by atoms with Crippen molar-refractivity contribution in [3.05, 3.63) is 47.4 Å². The Morgan fingerprint density at radius 1 is 1.29 bits per heavy atom. The van der Waals surface area contributed by atoms with Crippen molar-refractivity contribution >= 4 is 12.0 Å². The smallest absolute Gasteiger partial charge is 0.416 e. The molecule has 1 aromatic carbocycles. The van der Waals surface area contributed by atoms with E-state index < -0.39 is 29.3 Å². The summed E-state index contributed by atoms with van der Waals surface area (Å²) in [5.41, 5.74) is 4.35. The van der Waals surface area contributed by atoms with Crippen LogP contribution in [0.4, 0.5) is 18.0 Å². The van der Waals surface area contributed by atoms with Crippen LogP contribution in [-0.2, 0) is 15.7 Å². The van der Waals surface area contributed by atoms with E-state index in [1.807, 2.05) is 0 Å². The predicted molar refractivity (Wildman–Crippen MR) is 104 cm³/mol. The summed E-state index contributed by atoms with van der Waals surface area (Å²) in [6, 6.07) is 6.23. The number of hydrogen-bond donors (Lipinski definition) is 1. The zero-order valence-corrected chi connectivity index (χ0v) is 16.8. The molecule has 1 atom stereocenters. The third-order valence-corrected chi connectivity index (χ3v) is 4.82. The number of halogens is 3. The van der Waals surface area contributed by atoms with Crippen molar-refractivity contribution in [2.45, 2.75) is 31.5 Å². The van der Waals surface area contributed by atoms with Crippen molar-refractivity contribution in [2.75, 3.05) is 13.6 Å². The lowest BCUT2D eigenvalue weighted by Crippen LogP contribution is -2.44. The molecule has 3 rings (SSSR count). The van der Waals surface area contributed by atoms with Crippen LogP contribution in [0.15, 0.2) is 30.3 Å². The summed E-state index contributed by atoms with van der Waals surface area (Å²) < 4.78 is 43.4. The minimum Gasteiger partial charge on any atom is -0.432 e. The SMILES string of the molecule is Cc1cc(-c2ccc(C(F)(F)F)cc2)nc(C#CC[C@]2(OC(N)=O)CCN(C)C2=O)n1. The monoisotopic (exact) mass is 432 g/mol. The van der Waals surface area contributed by atoms with Gasteiger partial charge in [-0.2, -0.15) is 13.2 Å². The summed E-state index contributed by atoms with van der Waals surface area (Å²) in [5.74, 6) is 5.24. The Bertz CT molecular complexity index is 1070. The van der Waals surface area contributed by atoms with Gasteiger partial charge in [-0.25, -0.2) is 14.8 Å². The molecule has 1 aliphatic rings. The van der Waals surface area contributed by atoms with Gasteiger partial charge in [0.15, 0.2) is 0 Å². The molecule has 1 aromatic heterocycles. The molecule has 2 heterocycles. The number of benzene rings is 1. The van der Waals surface area contributed by atoms with Gasteiger partial charge in [-0.05, 0) is 31.0 Å². The summed E-state index contributed by atoms with van der Waals surface area (Å²) in [6.45, 7) is 2.10. The Morgan fingerprint density at radius 3 is 2.52 bits per heavy atom. The summed E-state index contributed by atoms with van der Waals surface area (Å²) in [4.78, 5) is 33.6. The van der Waals surface area contributed by atoms with Crippen molar-refractivity contribution in [1.29, 1.82) is 0 Å². The zero-order valence-electron chi connectivity index (χ0n) is 16.8. The van der Waals surface area contributed by atoms with Gasteiger partial charge in [0, 0.05) is 31.3 Å². The van der Waals surface area contributed by atoms with E-state index in [2.05, 4.69) is 21.8 Å². The molecule has 0 unspecified atom stereocenters. The standard InChI is InChI=1S/C21H19F3N4O3/c1-13-12-16(14-5-7-15(8-6-14)21(22,23)24)27-17(26-13)4-3-9-20(31-19(25)30)10-11-28(2)18(20)29/h5-8,12H,9-11H2,1-2H3,(H2,25,30)/t20-/m0/s1. The fourth-order valence-corrected chi connectivity index (χ4v) is 3.26. The van der Waals surface area contributed by atoms with E-state index in [4.69, 9.17) is 10.5 Å². The van der Waals surface area contributed by atoms with Gasteiger partial charge in [-0.1, -0.05) is 18.1 Å². The van der Waals surface area contributed by atoms with Crippen LogP contribution in [-0.4, -0.2) is 46.1 Å². The number of rotatable bonds is 3. The lowest BCUT2D eigenvalue weighted by molar-refractivity contribution is -0.141. The molecule has 2 amide bonds. The number of primary amides is 1. The molecule has 0 aliphatic carbocycles. The molecule has 1 aliphatic heterocycles. The topological polar surface area (TPSA) is 98.4 Å². The Morgan fingerprint density at radius 2 is 1.97 bits per heavy atom. The maximum atomic E-state index is 12.8. The largest absolute Gasteiger partial charge is 0.432 e. The number of nitrogens with two attached hydrogens (primary N) is 1. The Balaban J connectivity index is 1.85. The highest BCUT2D eigenvalue weighted by atomic mass is 19.4. The number of ether oxygens (including phenoxy) is 1. The van der Waals surface area contributed by atoms with E-state index in [-0.39, 0.29) is 18.7 Å². The van der Waals surface area contributed by atoms with E-state index in [9.17, 15) is 22.8 Å². The number of aryl methyl sites for hydroxylation is 1. The predicted octanol–water partition coefficient (Wildman–Crippen LogP) is 2.91. The summed E-state index contributed by atoms with van der Waals surface area (Å²) in [6.07, 6.45) is -5.33. The third-order valence-electron chi connectivity index (χ3n) is 4.82. The molecular formula is C21H19F3N4O3. The minimum atomic E-state index is -4.43. The molecule has 0 bridgehead atoms. The van der Waals surface area contributed by atoms with Gasteiger partial charge < -0.3 is 15.4 Å². The van der Waals surface area contributed by atoms with Crippen LogP contribution in [0.1, 0.15) is 29.9 Å². The first kappa shape index (κ1) is 22.1. The second kappa shape index (κ2) is 8.26. The average Bonchev–Trinajstić information content (AvgIpc) is 2.95. The fraction of sp³-hybridized carbons (Fsp3) is 0.333. The van der Waals surface area contributed by atoms with Gasteiger partial charge in [0.2, 0.25) is 11.4 Å². The Hall–Kier alpha value is -3.61. The molecule has 0 saturated carbocycles. The van der Waals surface area contributed by atoms with Crippen LogP contribution >= 0.6 is 0 Å². The molecule has 2 N–H and O–H groups in total. The van der Waals surface area contributed by atoms with Crippen molar-refractivity contribution in [2.24, 2.45) is 5.73 Å². The van der Waals surface area contributed by atoms with Crippen LogP contribution < -0.4 is 5.73 Å². The number of amides is 2. The molecule has 7 nitrogen and oxygen atoms in total. The first-order valence-electron chi connectivity index (χ1n) is 9.26. The minimum absolute atomic E-state index is 0.0912. The molecule has 162 valence electrons. The molecular weight excluding hydrogens is 413 g/mol. The first-order valence-corrected chi connectivity index (χ1v) is 9.26. The summed E-state index contributed by atoms with van der Waals surface area (Å²) >= 11 is 0. The van der Waals surface area contributed by atoms with Gasteiger partial charge in [0.25, 0.3) is 5.91 Å². The molecule has 31 heavy (non-hydrogen) atoms. The zero-order chi connectivity index (χ0) is 22.8. The van der Waals surface area contributed by atoms with Crippen LogP contribution in [0.2, 0.25) is 0 Å². The van der Waals surface area contributed by atoms with Gasteiger partial charge in [-0.3, -0.25) is 4.79 Å². The highest BCUT2D eigenvalue weighted by molar-refractivity contribution is 5.89. The van der Waals surface area contributed by atoms with Gasteiger partial charge in [0.1, 0.15) is 0 Å². The lowest BCUT2D eigenvalue weighted by Gasteiger charge is -2.23. The van der Waals surface area contributed by atoms with E-state index in [1.54, 1.807) is 20.0 Å². The highest BCUT2D eigenvalue weighted by Gasteiger charge is 2.48. The molecule has 0 radical (unpaired) electrons. The van der Waals surface area contributed by atoms with E-state index in [1.165, 1.54) is 17.0 Å². The van der Waals surface area contributed by atoms with Crippen LogP contribution in [0.3, 0.4) is 0 Å². The number of aromatic nitrogens is 2. The molecule has 1 fully saturated rings. The fourth-order valence-electron chi connectivity index (χ4n) is 3.26. The molecule has 1 saturated heterocycles. The molecule has 2 aromatic rings. The lowest BCUT2D eigenvalue weighted by atomic mass is 9.98. The van der Waals surface area contributed by atoms with Crippen molar-refractivity contribution in [1.82, 2.24) is 14.9 Å². The van der Waals surface area contributed by atoms with Crippen LogP contribution in [0, 0.1) is 18.8 Å².